The maximum atomic E-state index is 13.6. The summed E-state index contributed by atoms with van der Waals surface area (Å²) in [6.45, 7) is 3.81. The van der Waals surface area contributed by atoms with Crippen molar-refractivity contribution in [1.82, 2.24) is 15.0 Å². The third-order valence-corrected chi connectivity index (χ3v) is 4.43. The summed E-state index contributed by atoms with van der Waals surface area (Å²) in [5.41, 5.74) is 1.03. The molecular weight excluding hydrogens is 391 g/mol. The van der Waals surface area contributed by atoms with Gasteiger partial charge < -0.3 is 15.7 Å². The zero-order chi connectivity index (χ0) is 21.7. The third-order valence-electron chi connectivity index (χ3n) is 4.43. The van der Waals surface area contributed by atoms with Crippen LogP contribution in [0, 0.1) is 21.8 Å². The van der Waals surface area contributed by atoms with E-state index in [9.17, 15) is 19.6 Å². The molecule has 2 aromatic heterocycles. The Labute approximate surface area is 172 Å². The number of aromatic nitrogens is 3. The second kappa shape index (κ2) is 9.23. The lowest BCUT2D eigenvalue weighted by Gasteiger charge is -2.20. The van der Waals surface area contributed by atoms with Gasteiger partial charge in [-0.2, -0.15) is 9.37 Å². The topological polar surface area (TPSA) is 126 Å². The van der Waals surface area contributed by atoms with E-state index < -0.39 is 16.4 Å². The summed E-state index contributed by atoms with van der Waals surface area (Å²) in [7, 11) is 0. The Hall–Kier alpha value is -3.66. The number of halogens is 1. The molecule has 0 saturated heterocycles. The van der Waals surface area contributed by atoms with Gasteiger partial charge in [0, 0.05) is 35.8 Å². The number of nitrogens with one attached hydrogen (secondary N) is 2. The molecule has 0 aliphatic rings. The molecule has 0 saturated carbocycles. The summed E-state index contributed by atoms with van der Waals surface area (Å²) in [5, 5.41) is 26.7. The lowest BCUT2D eigenvalue weighted by molar-refractivity contribution is -0.387. The molecule has 0 unspecified atom stereocenters. The number of hydrogen-bond acceptors (Lipinski definition) is 8. The van der Waals surface area contributed by atoms with Gasteiger partial charge in [0.25, 0.3) is 0 Å². The summed E-state index contributed by atoms with van der Waals surface area (Å²) in [6, 6.07) is 8.46. The van der Waals surface area contributed by atoms with Crippen LogP contribution < -0.4 is 10.6 Å². The maximum absolute atomic E-state index is 13.6. The number of nitrogens with zero attached hydrogens (tertiary/aromatic N) is 4. The van der Waals surface area contributed by atoms with Crippen molar-refractivity contribution in [3.63, 3.8) is 0 Å². The predicted octanol–water partition coefficient (Wildman–Crippen LogP) is 3.76. The minimum Gasteiger partial charge on any atom is -0.394 e. The monoisotopic (exact) mass is 412 g/mol. The number of nitro groups is 1. The number of aliphatic hydroxyl groups excluding tert-OH is 1. The van der Waals surface area contributed by atoms with Crippen LogP contribution in [0.15, 0.2) is 48.8 Å². The third kappa shape index (κ3) is 5.03. The molecule has 0 radical (unpaired) electrons. The minimum absolute atomic E-state index is 0.104. The van der Waals surface area contributed by atoms with Crippen LogP contribution in [0.4, 0.5) is 27.5 Å². The lowest BCUT2D eigenvalue weighted by Crippen LogP contribution is -2.30. The molecule has 0 bridgehead atoms. The highest BCUT2D eigenvalue weighted by Crippen LogP contribution is 2.27. The quantitative estimate of drug-likeness (QED) is 0.377. The van der Waals surface area contributed by atoms with E-state index in [2.05, 4.69) is 25.6 Å². The molecule has 3 N–H and O–H groups in total. The smallest absolute Gasteiger partial charge is 0.306 e. The molecule has 10 heteroatoms. The van der Waals surface area contributed by atoms with Crippen LogP contribution in [-0.2, 0) is 0 Å². The van der Waals surface area contributed by atoms with E-state index in [0.717, 1.165) is 17.7 Å². The molecule has 0 aliphatic carbocycles. The molecule has 0 fully saturated rings. The van der Waals surface area contributed by atoms with Crippen molar-refractivity contribution in [2.75, 3.05) is 17.2 Å². The van der Waals surface area contributed by atoms with Crippen molar-refractivity contribution in [3.05, 3.63) is 64.7 Å². The highest BCUT2D eigenvalue weighted by Gasteiger charge is 2.17. The highest BCUT2D eigenvalue weighted by atomic mass is 19.1. The van der Waals surface area contributed by atoms with Gasteiger partial charge in [-0.25, -0.2) is 4.98 Å². The average Bonchev–Trinajstić information content (AvgIpc) is 2.73. The summed E-state index contributed by atoms with van der Waals surface area (Å²) in [5.74, 6) is -0.174. The van der Waals surface area contributed by atoms with Gasteiger partial charge in [0.05, 0.1) is 23.3 Å². The lowest BCUT2D eigenvalue weighted by atomic mass is 10.1. The van der Waals surface area contributed by atoms with Crippen LogP contribution in [0.1, 0.15) is 13.8 Å². The van der Waals surface area contributed by atoms with E-state index in [0.29, 0.717) is 17.2 Å². The van der Waals surface area contributed by atoms with Crippen molar-refractivity contribution in [2.24, 2.45) is 5.92 Å². The fourth-order valence-electron chi connectivity index (χ4n) is 2.71. The van der Waals surface area contributed by atoms with Crippen LogP contribution in [0.3, 0.4) is 0 Å². The number of hydrogen-bond donors (Lipinski definition) is 3. The SMILES string of the molecule is CC(C)[C@H](CO)Nc1nc(Nc2ccc(F)c([N+](=O)[O-])c2)cc(-c2ccncc2)n1. The Balaban J connectivity index is 1.99. The van der Waals surface area contributed by atoms with Crippen molar-refractivity contribution >= 4 is 23.1 Å². The number of nitro benzene ring substituents is 1. The molecule has 156 valence electrons. The van der Waals surface area contributed by atoms with Gasteiger partial charge in [0.1, 0.15) is 5.82 Å². The van der Waals surface area contributed by atoms with Crippen molar-refractivity contribution in [2.45, 2.75) is 19.9 Å². The molecule has 2 heterocycles. The zero-order valence-electron chi connectivity index (χ0n) is 16.4. The first-order valence-electron chi connectivity index (χ1n) is 9.25. The molecule has 30 heavy (non-hydrogen) atoms. The number of aliphatic hydroxyl groups is 1. The fraction of sp³-hybridized carbons (Fsp3) is 0.250. The Morgan fingerprint density at radius 1 is 1.17 bits per heavy atom. The molecule has 3 rings (SSSR count). The van der Waals surface area contributed by atoms with Gasteiger partial charge in [0.2, 0.25) is 11.8 Å². The second-order valence-corrected chi connectivity index (χ2v) is 6.92. The average molecular weight is 412 g/mol. The second-order valence-electron chi connectivity index (χ2n) is 6.92. The Bertz CT molecular complexity index is 1030. The van der Waals surface area contributed by atoms with Gasteiger partial charge in [-0.15, -0.1) is 0 Å². The first-order valence-corrected chi connectivity index (χ1v) is 9.25. The van der Waals surface area contributed by atoms with Crippen molar-refractivity contribution < 1.29 is 14.4 Å². The first-order chi connectivity index (χ1) is 14.4. The number of anilines is 3. The van der Waals surface area contributed by atoms with Crippen LogP contribution in [0.2, 0.25) is 0 Å². The number of rotatable bonds is 8. The molecule has 0 spiro atoms. The summed E-state index contributed by atoms with van der Waals surface area (Å²) in [4.78, 5) is 23.1. The Morgan fingerprint density at radius 3 is 2.53 bits per heavy atom. The minimum atomic E-state index is -0.921. The molecule has 0 aliphatic heterocycles. The summed E-state index contributed by atoms with van der Waals surface area (Å²) >= 11 is 0. The van der Waals surface area contributed by atoms with E-state index in [4.69, 9.17) is 0 Å². The normalized spacial score (nSPS) is 11.9. The van der Waals surface area contributed by atoms with Gasteiger partial charge in [-0.05, 0) is 30.2 Å². The highest BCUT2D eigenvalue weighted by molar-refractivity contribution is 5.68. The first kappa shape index (κ1) is 21.1. The van der Waals surface area contributed by atoms with Crippen LogP contribution in [0.25, 0.3) is 11.3 Å². The van der Waals surface area contributed by atoms with Crippen LogP contribution >= 0.6 is 0 Å². The molecule has 1 aromatic carbocycles. The van der Waals surface area contributed by atoms with E-state index in [1.807, 2.05) is 13.8 Å². The van der Waals surface area contributed by atoms with Crippen molar-refractivity contribution in [1.29, 1.82) is 0 Å². The Kier molecular flexibility index (Phi) is 6.48. The van der Waals surface area contributed by atoms with E-state index in [1.54, 1.807) is 30.6 Å². The van der Waals surface area contributed by atoms with Gasteiger partial charge in [-0.3, -0.25) is 15.1 Å². The predicted molar refractivity (Wildman–Crippen MR) is 111 cm³/mol. The number of pyridine rings is 1. The van der Waals surface area contributed by atoms with Gasteiger partial charge in [0.15, 0.2) is 0 Å². The molecule has 1 atom stereocenters. The summed E-state index contributed by atoms with van der Waals surface area (Å²) in [6.07, 6.45) is 3.26. The van der Waals surface area contributed by atoms with E-state index in [1.165, 1.54) is 6.07 Å². The standard InChI is InChI=1S/C20H21FN6O3/c1-12(2)17(11-28)25-20-24-16(13-5-7-22-8-6-13)10-19(26-20)23-14-3-4-15(21)18(9-14)27(29)30/h3-10,12,17,28H,11H2,1-2H3,(H2,23,24,25,26)/t17-/m0/s1. The largest absolute Gasteiger partial charge is 0.394 e. The van der Waals surface area contributed by atoms with Crippen LogP contribution in [-0.4, -0.2) is 37.6 Å². The molecule has 9 nitrogen and oxygen atoms in total. The van der Waals surface area contributed by atoms with E-state index >= 15 is 0 Å². The van der Waals surface area contributed by atoms with Gasteiger partial charge >= 0.3 is 5.69 Å². The van der Waals surface area contributed by atoms with Gasteiger partial charge in [-0.1, -0.05) is 13.8 Å². The number of benzene rings is 1. The maximum Gasteiger partial charge on any atom is 0.306 e. The van der Waals surface area contributed by atoms with Crippen LogP contribution in [0.5, 0.6) is 0 Å². The molecule has 3 aromatic rings. The van der Waals surface area contributed by atoms with E-state index in [-0.39, 0.29) is 24.5 Å². The van der Waals surface area contributed by atoms with Crippen molar-refractivity contribution in [3.8, 4) is 11.3 Å². The fourth-order valence-corrected chi connectivity index (χ4v) is 2.71. The Morgan fingerprint density at radius 2 is 1.90 bits per heavy atom. The summed E-state index contributed by atoms with van der Waals surface area (Å²) < 4.78 is 13.6. The zero-order valence-corrected chi connectivity index (χ0v) is 16.4. The molecule has 0 amide bonds. The molecular formula is C20H21FN6O3.